The quantitative estimate of drug-likeness (QED) is 0.670. The normalized spacial score (nSPS) is 12.2. The average molecular weight is 326 g/mol. The number of methoxy groups -OCH3 is 1. The summed E-state index contributed by atoms with van der Waals surface area (Å²) in [6, 6.07) is 7.70. The molecule has 2 rings (SSSR count). The Hall–Kier alpha value is -1.50. The number of pyridine rings is 1. The highest BCUT2D eigenvalue weighted by Crippen LogP contribution is 2.29. The van der Waals surface area contributed by atoms with E-state index in [1.807, 2.05) is 0 Å². The molecule has 1 atom stereocenters. The monoisotopic (exact) mass is 325 g/mol. The van der Waals surface area contributed by atoms with Gasteiger partial charge < -0.3 is 4.74 Å². The summed E-state index contributed by atoms with van der Waals surface area (Å²) in [7, 11) is 1.53. The first-order valence-corrected chi connectivity index (χ1v) is 6.36. The van der Waals surface area contributed by atoms with Crippen LogP contribution in [0.2, 0.25) is 0 Å². The molecule has 1 heterocycles. The zero-order valence-corrected chi connectivity index (χ0v) is 11.8. The number of halogens is 2. The molecule has 0 amide bonds. The van der Waals surface area contributed by atoms with Crippen LogP contribution in [0, 0.1) is 5.82 Å². The van der Waals surface area contributed by atoms with Crippen molar-refractivity contribution in [2.75, 3.05) is 7.11 Å². The maximum atomic E-state index is 14.0. The SMILES string of the molecule is COc1cccnc1C(NN)c1ccc(Br)cc1F. The van der Waals surface area contributed by atoms with Gasteiger partial charge in [0.25, 0.3) is 0 Å². The van der Waals surface area contributed by atoms with Gasteiger partial charge in [-0.15, -0.1) is 0 Å². The number of nitrogens with one attached hydrogen (secondary N) is 1. The van der Waals surface area contributed by atoms with E-state index in [1.165, 1.54) is 13.2 Å². The van der Waals surface area contributed by atoms with Crippen LogP contribution >= 0.6 is 15.9 Å². The summed E-state index contributed by atoms with van der Waals surface area (Å²) >= 11 is 3.22. The fourth-order valence-electron chi connectivity index (χ4n) is 1.84. The second-order valence-corrected chi connectivity index (χ2v) is 4.77. The molecule has 0 aliphatic rings. The van der Waals surface area contributed by atoms with Crippen LogP contribution in [0.15, 0.2) is 41.0 Å². The van der Waals surface area contributed by atoms with E-state index in [1.54, 1.807) is 30.5 Å². The average Bonchev–Trinajstić information content (AvgIpc) is 2.42. The molecule has 0 radical (unpaired) electrons. The summed E-state index contributed by atoms with van der Waals surface area (Å²) in [6.07, 6.45) is 1.61. The third-order valence-corrected chi connectivity index (χ3v) is 3.23. The number of ether oxygens (including phenoxy) is 1. The minimum Gasteiger partial charge on any atom is -0.495 e. The fraction of sp³-hybridized carbons (Fsp3) is 0.154. The molecule has 3 N–H and O–H groups in total. The number of benzene rings is 1. The van der Waals surface area contributed by atoms with Gasteiger partial charge in [-0.3, -0.25) is 10.8 Å². The lowest BCUT2D eigenvalue weighted by atomic mass is 10.0. The van der Waals surface area contributed by atoms with Crippen LogP contribution in [0.4, 0.5) is 4.39 Å². The van der Waals surface area contributed by atoms with Crippen molar-refractivity contribution in [3.05, 3.63) is 58.1 Å². The Bertz CT molecular complexity index is 580. The van der Waals surface area contributed by atoms with Crippen molar-refractivity contribution < 1.29 is 9.13 Å². The standard InChI is InChI=1S/C13H13BrFN3O/c1-19-11-3-2-6-17-13(11)12(18-16)9-5-4-8(14)7-10(9)15/h2-7,12,18H,16H2,1H3. The van der Waals surface area contributed by atoms with Crippen LogP contribution in [0.3, 0.4) is 0 Å². The van der Waals surface area contributed by atoms with Crippen molar-refractivity contribution in [2.45, 2.75) is 6.04 Å². The van der Waals surface area contributed by atoms with Crippen LogP contribution < -0.4 is 16.0 Å². The summed E-state index contributed by atoms with van der Waals surface area (Å²) in [6.45, 7) is 0. The van der Waals surface area contributed by atoms with E-state index < -0.39 is 6.04 Å². The molecular formula is C13H13BrFN3O. The summed E-state index contributed by atoms with van der Waals surface area (Å²) in [5.74, 6) is 5.72. The Morgan fingerprint density at radius 3 is 2.84 bits per heavy atom. The van der Waals surface area contributed by atoms with Gasteiger partial charge in [-0.2, -0.15) is 0 Å². The number of hydrogen-bond acceptors (Lipinski definition) is 4. The highest BCUT2D eigenvalue weighted by atomic mass is 79.9. The third-order valence-electron chi connectivity index (χ3n) is 2.73. The zero-order chi connectivity index (χ0) is 13.8. The minimum atomic E-state index is -0.579. The molecule has 1 aromatic carbocycles. The molecule has 19 heavy (non-hydrogen) atoms. The van der Waals surface area contributed by atoms with Crippen LogP contribution in [-0.4, -0.2) is 12.1 Å². The van der Waals surface area contributed by atoms with E-state index >= 15 is 0 Å². The minimum absolute atomic E-state index is 0.370. The van der Waals surface area contributed by atoms with Gasteiger partial charge in [0.1, 0.15) is 17.3 Å². The second-order valence-electron chi connectivity index (χ2n) is 3.86. The first kappa shape index (κ1) is 13.9. The molecule has 1 aromatic heterocycles. The molecule has 0 aliphatic carbocycles. The zero-order valence-electron chi connectivity index (χ0n) is 10.2. The largest absolute Gasteiger partial charge is 0.495 e. The molecule has 6 heteroatoms. The molecule has 0 saturated carbocycles. The Labute approximate surface area is 118 Å². The second kappa shape index (κ2) is 6.10. The van der Waals surface area contributed by atoms with Gasteiger partial charge in [0, 0.05) is 16.2 Å². The van der Waals surface area contributed by atoms with Crippen molar-refractivity contribution in [1.29, 1.82) is 0 Å². The third kappa shape index (κ3) is 2.91. The van der Waals surface area contributed by atoms with Gasteiger partial charge in [0.2, 0.25) is 0 Å². The molecule has 0 saturated heterocycles. The number of rotatable bonds is 4. The molecule has 0 spiro atoms. The van der Waals surface area contributed by atoms with Crippen molar-refractivity contribution >= 4 is 15.9 Å². The molecule has 0 bridgehead atoms. The molecule has 0 aliphatic heterocycles. The molecule has 4 nitrogen and oxygen atoms in total. The molecule has 1 unspecified atom stereocenters. The number of aromatic nitrogens is 1. The number of hydrazine groups is 1. The highest BCUT2D eigenvalue weighted by Gasteiger charge is 2.21. The summed E-state index contributed by atoms with van der Waals surface area (Å²) in [5.41, 5.74) is 3.51. The Morgan fingerprint density at radius 1 is 1.42 bits per heavy atom. The lowest BCUT2D eigenvalue weighted by Crippen LogP contribution is -2.30. The molecule has 100 valence electrons. The number of hydrogen-bond donors (Lipinski definition) is 2. The van der Waals surface area contributed by atoms with Crippen molar-refractivity contribution in [3.8, 4) is 5.75 Å². The number of nitrogens with zero attached hydrogens (tertiary/aromatic N) is 1. The lowest BCUT2D eigenvalue weighted by Gasteiger charge is -2.18. The van der Waals surface area contributed by atoms with E-state index in [-0.39, 0.29) is 5.82 Å². The van der Waals surface area contributed by atoms with Gasteiger partial charge in [-0.05, 0) is 24.3 Å². The predicted molar refractivity (Wildman–Crippen MR) is 74.1 cm³/mol. The smallest absolute Gasteiger partial charge is 0.142 e. The van der Waals surface area contributed by atoms with E-state index in [4.69, 9.17) is 10.6 Å². The van der Waals surface area contributed by atoms with Crippen LogP contribution in [0.5, 0.6) is 5.75 Å². The lowest BCUT2D eigenvalue weighted by molar-refractivity contribution is 0.399. The molecule has 2 aromatic rings. The van der Waals surface area contributed by atoms with Gasteiger partial charge >= 0.3 is 0 Å². The van der Waals surface area contributed by atoms with Crippen molar-refractivity contribution in [3.63, 3.8) is 0 Å². The van der Waals surface area contributed by atoms with Crippen LogP contribution in [0.1, 0.15) is 17.3 Å². The van der Waals surface area contributed by atoms with Crippen LogP contribution in [0.25, 0.3) is 0 Å². The topological polar surface area (TPSA) is 60.2 Å². The van der Waals surface area contributed by atoms with E-state index in [0.717, 1.165) is 0 Å². The van der Waals surface area contributed by atoms with Gasteiger partial charge in [-0.1, -0.05) is 22.0 Å². The summed E-state index contributed by atoms with van der Waals surface area (Å²) < 4.78 is 19.9. The van der Waals surface area contributed by atoms with Crippen LogP contribution in [-0.2, 0) is 0 Å². The first-order valence-electron chi connectivity index (χ1n) is 5.57. The summed E-state index contributed by atoms with van der Waals surface area (Å²) in [4.78, 5) is 4.21. The fourth-order valence-corrected chi connectivity index (χ4v) is 2.18. The maximum absolute atomic E-state index is 14.0. The van der Waals surface area contributed by atoms with Gasteiger partial charge in [-0.25, -0.2) is 9.82 Å². The summed E-state index contributed by atoms with van der Waals surface area (Å²) in [5, 5.41) is 0. The van der Waals surface area contributed by atoms with Gasteiger partial charge in [0.15, 0.2) is 0 Å². The molecule has 0 fully saturated rings. The number of nitrogens with two attached hydrogens (primary N) is 1. The predicted octanol–water partition coefficient (Wildman–Crippen LogP) is 2.54. The van der Waals surface area contributed by atoms with E-state index in [9.17, 15) is 4.39 Å². The molecular weight excluding hydrogens is 313 g/mol. The first-order chi connectivity index (χ1) is 9.17. The van der Waals surface area contributed by atoms with E-state index in [2.05, 4.69) is 26.3 Å². The Kier molecular flexibility index (Phi) is 4.47. The maximum Gasteiger partial charge on any atom is 0.142 e. The Morgan fingerprint density at radius 2 is 2.21 bits per heavy atom. The van der Waals surface area contributed by atoms with E-state index in [0.29, 0.717) is 21.5 Å². The Balaban J connectivity index is 2.50. The van der Waals surface area contributed by atoms with Gasteiger partial charge in [0.05, 0.1) is 13.2 Å². The highest BCUT2D eigenvalue weighted by molar-refractivity contribution is 9.10. The van der Waals surface area contributed by atoms with Crippen molar-refractivity contribution in [1.82, 2.24) is 10.4 Å². The van der Waals surface area contributed by atoms with Crippen molar-refractivity contribution in [2.24, 2.45) is 5.84 Å².